The summed E-state index contributed by atoms with van der Waals surface area (Å²) < 4.78 is 0. The molecule has 0 radical (unpaired) electrons. The number of nitrogens with two attached hydrogens (primary N) is 2. The molecule has 0 aromatic rings. The lowest BCUT2D eigenvalue weighted by Crippen LogP contribution is -2.42. The van der Waals surface area contributed by atoms with Crippen molar-refractivity contribution in [2.24, 2.45) is 11.5 Å². The molecule has 54 valence electrons. The highest BCUT2D eigenvalue weighted by Crippen LogP contribution is 2.05. The third-order valence-corrected chi connectivity index (χ3v) is 1.89. The molecule has 0 aromatic heterocycles. The monoisotopic (exact) mass is 129 g/mol. The van der Waals surface area contributed by atoms with Crippen LogP contribution in [-0.4, -0.2) is 30.7 Å². The molecule has 0 aromatic carbocycles. The number of piperidine rings is 1. The number of nitrogens with zero attached hydrogens (tertiary/aromatic N) is 1. The quantitative estimate of drug-likeness (QED) is 0.493. The van der Waals surface area contributed by atoms with Crippen LogP contribution >= 0.6 is 0 Å². The van der Waals surface area contributed by atoms with Crippen molar-refractivity contribution in [3.05, 3.63) is 0 Å². The average Bonchev–Trinajstić information content (AvgIpc) is 1.90. The van der Waals surface area contributed by atoms with E-state index in [2.05, 4.69) is 4.90 Å². The Bertz CT molecular complexity index is 76.4. The van der Waals surface area contributed by atoms with E-state index in [1.54, 1.807) is 0 Å². The van der Waals surface area contributed by atoms with Crippen LogP contribution in [0.2, 0.25) is 0 Å². The normalized spacial score (nSPS) is 24.7. The van der Waals surface area contributed by atoms with E-state index in [1.807, 2.05) is 0 Å². The van der Waals surface area contributed by atoms with Crippen LogP contribution in [0.1, 0.15) is 12.8 Å². The summed E-state index contributed by atoms with van der Waals surface area (Å²) in [5.74, 6) is 0. The van der Waals surface area contributed by atoms with E-state index in [0.717, 1.165) is 25.9 Å². The van der Waals surface area contributed by atoms with Gasteiger partial charge < -0.3 is 11.5 Å². The average molecular weight is 129 g/mol. The van der Waals surface area contributed by atoms with Gasteiger partial charge in [-0.05, 0) is 12.8 Å². The molecule has 0 bridgehead atoms. The topological polar surface area (TPSA) is 55.3 Å². The summed E-state index contributed by atoms with van der Waals surface area (Å²) >= 11 is 0. The summed E-state index contributed by atoms with van der Waals surface area (Å²) in [6.07, 6.45) is 2.22. The van der Waals surface area contributed by atoms with E-state index in [0.29, 0.717) is 12.7 Å². The summed E-state index contributed by atoms with van der Waals surface area (Å²) in [5, 5.41) is 0. The Morgan fingerprint density at radius 3 is 2.33 bits per heavy atom. The summed E-state index contributed by atoms with van der Waals surface area (Å²) in [7, 11) is 0. The molecule has 9 heavy (non-hydrogen) atoms. The molecule has 1 fully saturated rings. The van der Waals surface area contributed by atoms with Crippen LogP contribution < -0.4 is 11.5 Å². The van der Waals surface area contributed by atoms with E-state index in [9.17, 15) is 0 Å². The highest BCUT2D eigenvalue weighted by molar-refractivity contribution is 4.72. The summed E-state index contributed by atoms with van der Waals surface area (Å²) in [5.41, 5.74) is 11.1. The minimum Gasteiger partial charge on any atom is -0.328 e. The molecule has 0 unspecified atom stereocenters. The van der Waals surface area contributed by atoms with Crippen molar-refractivity contribution in [1.82, 2.24) is 4.90 Å². The van der Waals surface area contributed by atoms with Crippen LogP contribution in [0.3, 0.4) is 0 Å². The molecular weight excluding hydrogens is 114 g/mol. The minimum absolute atomic E-state index is 0.424. The van der Waals surface area contributed by atoms with Crippen molar-refractivity contribution >= 4 is 0 Å². The maximum absolute atomic E-state index is 5.68. The van der Waals surface area contributed by atoms with Crippen LogP contribution in [0.25, 0.3) is 0 Å². The molecular formula is C6H15N3. The Labute approximate surface area is 56.0 Å². The van der Waals surface area contributed by atoms with Gasteiger partial charge in [0.05, 0.1) is 0 Å². The first-order valence-electron chi connectivity index (χ1n) is 3.51. The first-order chi connectivity index (χ1) is 4.33. The maximum Gasteiger partial charge on any atom is 0.0455 e. The molecule has 0 atom stereocenters. The summed E-state index contributed by atoms with van der Waals surface area (Å²) in [6.45, 7) is 2.85. The predicted molar refractivity (Wildman–Crippen MR) is 37.8 cm³/mol. The van der Waals surface area contributed by atoms with Crippen LogP contribution in [0.5, 0.6) is 0 Å². The van der Waals surface area contributed by atoms with Crippen molar-refractivity contribution in [2.45, 2.75) is 18.9 Å². The van der Waals surface area contributed by atoms with Crippen LogP contribution in [-0.2, 0) is 0 Å². The van der Waals surface area contributed by atoms with E-state index in [-0.39, 0.29) is 0 Å². The van der Waals surface area contributed by atoms with Gasteiger partial charge in [-0.15, -0.1) is 0 Å². The zero-order chi connectivity index (χ0) is 6.69. The van der Waals surface area contributed by atoms with Crippen molar-refractivity contribution in [1.29, 1.82) is 0 Å². The zero-order valence-electron chi connectivity index (χ0n) is 5.71. The van der Waals surface area contributed by atoms with Gasteiger partial charge in [-0.2, -0.15) is 0 Å². The molecule has 1 saturated heterocycles. The Kier molecular flexibility index (Phi) is 2.45. The SMILES string of the molecule is NCN1CCC(N)CC1. The number of likely N-dealkylation sites (tertiary alicyclic amines) is 1. The first kappa shape index (κ1) is 6.99. The molecule has 0 saturated carbocycles. The van der Waals surface area contributed by atoms with E-state index >= 15 is 0 Å². The fourth-order valence-electron chi connectivity index (χ4n) is 1.14. The maximum atomic E-state index is 5.68. The van der Waals surface area contributed by atoms with Crippen LogP contribution in [0.4, 0.5) is 0 Å². The van der Waals surface area contributed by atoms with Crippen molar-refractivity contribution in [2.75, 3.05) is 19.8 Å². The van der Waals surface area contributed by atoms with Gasteiger partial charge in [0.25, 0.3) is 0 Å². The van der Waals surface area contributed by atoms with Gasteiger partial charge in [-0.1, -0.05) is 0 Å². The highest BCUT2D eigenvalue weighted by atomic mass is 15.2. The Hall–Kier alpha value is -0.120. The van der Waals surface area contributed by atoms with Gasteiger partial charge in [0, 0.05) is 25.8 Å². The number of hydrogen-bond donors (Lipinski definition) is 2. The third kappa shape index (κ3) is 1.93. The lowest BCUT2D eigenvalue weighted by atomic mass is 10.1. The molecule has 0 spiro atoms. The fraction of sp³-hybridized carbons (Fsp3) is 1.00. The van der Waals surface area contributed by atoms with E-state index in [1.165, 1.54) is 0 Å². The lowest BCUT2D eigenvalue weighted by molar-refractivity contribution is 0.218. The molecule has 0 amide bonds. The standard InChI is InChI=1S/C6H15N3/c7-5-9-3-1-6(8)2-4-9/h6H,1-5,7-8H2. The molecule has 0 aliphatic carbocycles. The second-order valence-corrected chi connectivity index (χ2v) is 2.64. The van der Waals surface area contributed by atoms with Crippen molar-refractivity contribution in [3.8, 4) is 0 Å². The predicted octanol–water partition coefficient (Wildman–Crippen LogP) is -0.674. The highest BCUT2D eigenvalue weighted by Gasteiger charge is 2.13. The van der Waals surface area contributed by atoms with Crippen LogP contribution in [0.15, 0.2) is 0 Å². The van der Waals surface area contributed by atoms with Crippen LogP contribution in [0, 0.1) is 0 Å². The Morgan fingerprint density at radius 2 is 1.89 bits per heavy atom. The van der Waals surface area contributed by atoms with E-state index < -0.39 is 0 Å². The van der Waals surface area contributed by atoms with Gasteiger partial charge in [-0.25, -0.2) is 0 Å². The molecule has 1 aliphatic heterocycles. The lowest BCUT2D eigenvalue weighted by Gasteiger charge is -2.28. The van der Waals surface area contributed by atoms with E-state index in [4.69, 9.17) is 11.5 Å². The summed E-state index contributed by atoms with van der Waals surface area (Å²) in [6, 6.07) is 0.424. The Morgan fingerprint density at radius 1 is 1.33 bits per heavy atom. The smallest absolute Gasteiger partial charge is 0.0455 e. The fourth-order valence-corrected chi connectivity index (χ4v) is 1.14. The third-order valence-electron chi connectivity index (χ3n) is 1.89. The van der Waals surface area contributed by atoms with Crippen molar-refractivity contribution in [3.63, 3.8) is 0 Å². The molecule has 1 rings (SSSR count). The molecule has 3 heteroatoms. The molecule has 3 nitrogen and oxygen atoms in total. The second-order valence-electron chi connectivity index (χ2n) is 2.64. The minimum atomic E-state index is 0.424. The number of hydrogen-bond acceptors (Lipinski definition) is 3. The molecule has 1 heterocycles. The summed E-state index contributed by atoms with van der Waals surface area (Å²) in [4.78, 5) is 2.23. The number of rotatable bonds is 1. The largest absolute Gasteiger partial charge is 0.328 e. The first-order valence-corrected chi connectivity index (χ1v) is 3.51. The van der Waals surface area contributed by atoms with Crippen molar-refractivity contribution < 1.29 is 0 Å². The zero-order valence-corrected chi connectivity index (χ0v) is 5.71. The molecule has 1 aliphatic rings. The van der Waals surface area contributed by atoms with Gasteiger partial charge in [0.15, 0.2) is 0 Å². The Balaban J connectivity index is 2.18. The van der Waals surface area contributed by atoms with Gasteiger partial charge >= 0.3 is 0 Å². The second kappa shape index (κ2) is 3.15. The van der Waals surface area contributed by atoms with Gasteiger partial charge in [0.1, 0.15) is 0 Å². The molecule has 4 N–H and O–H groups in total. The van der Waals surface area contributed by atoms with Gasteiger partial charge in [0.2, 0.25) is 0 Å². The van der Waals surface area contributed by atoms with Gasteiger partial charge in [-0.3, -0.25) is 4.90 Å².